The van der Waals surface area contributed by atoms with E-state index < -0.39 is 18.8 Å². The molecule has 2 aromatic carbocycles. The molecule has 0 aliphatic rings. The molecular weight excluding hydrogens is 280 g/mol. The van der Waals surface area contributed by atoms with Crippen molar-refractivity contribution >= 4 is 11.9 Å². The van der Waals surface area contributed by atoms with Crippen LogP contribution in [0.5, 0.6) is 0 Å². The van der Waals surface area contributed by atoms with Gasteiger partial charge >= 0.3 is 0 Å². The first-order valence-electron chi connectivity index (χ1n) is 7.08. The molecule has 0 bridgehead atoms. The normalized spacial score (nSPS) is 14.0. The minimum absolute atomic E-state index is 0.517. The molecule has 0 aliphatic carbocycles. The number of nitrogens with zero attached hydrogens (tertiary/aromatic N) is 2. The van der Waals surface area contributed by atoms with Crippen LogP contribution in [0, 0.1) is 0 Å². The number of rotatable bonds is 7. The standard InChI is InChI=1S/C17H20N2O3/c20-13-17(22)16(21)11-18-19(15-9-5-2-6-10-15)12-14-7-3-1-4-8-14/h1-11,16-17,20-22H,12-13H2. The van der Waals surface area contributed by atoms with Gasteiger partial charge in [-0.15, -0.1) is 0 Å². The second-order valence-corrected chi connectivity index (χ2v) is 4.88. The molecule has 0 spiro atoms. The molecular formula is C17H20N2O3. The summed E-state index contributed by atoms with van der Waals surface area (Å²) in [5.74, 6) is 0. The van der Waals surface area contributed by atoms with E-state index in [0.717, 1.165) is 11.3 Å². The summed E-state index contributed by atoms with van der Waals surface area (Å²) >= 11 is 0. The van der Waals surface area contributed by atoms with E-state index in [1.807, 2.05) is 60.7 Å². The monoisotopic (exact) mass is 300 g/mol. The van der Waals surface area contributed by atoms with Crippen molar-refractivity contribution in [1.82, 2.24) is 0 Å². The Balaban J connectivity index is 2.17. The predicted molar refractivity (Wildman–Crippen MR) is 86.7 cm³/mol. The van der Waals surface area contributed by atoms with Crippen LogP contribution in [0.4, 0.5) is 5.69 Å². The summed E-state index contributed by atoms with van der Waals surface area (Å²) in [6.07, 6.45) is -1.22. The van der Waals surface area contributed by atoms with Gasteiger partial charge in [0.25, 0.3) is 0 Å². The second-order valence-electron chi connectivity index (χ2n) is 4.88. The zero-order valence-electron chi connectivity index (χ0n) is 12.2. The van der Waals surface area contributed by atoms with Gasteiger partial charge in [-0.3, -0.25) is 5.01 Å². The molecule has 0 fully saturated rings. The number of hydrogen-bond donors (Lipinski definition) is 3. The zero-order chi connectivity index (χ0) is 15.8. The summed E-state index contributed by atoms with van der Waals surface area (Å²) < 4.78 is 0. The lowest BCUT2D eigenvalue weighted by molar-refractivity contribution is 0.0203. The van der Waals surface area contributed by atoms with E-state index in [0.29, 0.717) is 6.54 Å². The molecule has 116 valence electrons. The first-order chi connectivity index (χ1) is 10.7. The molecule has 0 amide bonds. The van der Waals surface area contributed by atoms with Crippen LogP contribution in [0.1, 0.15) is 5.56 Å². The fourth-order valence-corrected chi connectivity index (χ4v) is 1.91. The van der Waals surface area contributed by atoms with Gasteiger partial charge in [-0.25, -0.2) is 0 Å². The van der Waals surface area contributed by atoms with Gasteiger partial charge in [-0.05, 0) is 17.7 Å². The van der Waals surface area contributed by atoms with Crippen LogP contribution in [0.3, 0.4) is 0 Å². The van der Waals surface area contributed by atoms with Gasteiger partial charge in [0, 0.05) is 0 Å². The number of aliphatic hydroxyl groups excluding tert-OH is 3. The molecule has 2 rings (SSSR count). The molecule has 0 radical (unpaired) electrons. The van der Waals surface area contributed by atoms with Gasteiger partial charge in [0.1, 0.15) is 12.2 Å². The first kappa shape index (κ1) is 16.2. The zero-order valence-corrected chi connectivity index (χ0v) is 12.2. The number of hydrogen-bond acceptors (Lipinski definition) is 5. The van der Waals surface area contributed by atoms with Gasteiger partial charge in [0.05, 0.1) is 25.1 Å². The highest BCUT2D eigenvalue weighted by molar-refractivity contribution is 5.65. The van der Waals surface area contributed by atoms with Crippen LogP contribution in [-0.4, -0.2) is 40.3 Å². The summed E-state index contributed by atoms with van der Waals surface area (Å²) in [4.78, 5) is 0. The Morgan fingerprint density at radius 1 is 0.955 bits per heavy atom. The number of hydrazone groups is 1. The minimum Gasteiger partial charge on any atom is -0.394 e. The molecule has 2 aromatic rings. The molecule has 5 nitrogen and oxygen atoms in total. The topological polar surface area (TPSA) is 76.3 Å². The minimum atomic E-state index is -1.24. The van der Waals surface area contributed by atoms with Gasteiger partial charge in [0.2, 0.25) is 0 Å². The van der Waals surface area contributed by atoms with Crippen LogP contribution in [0.15, 0.2) is 65.8 Å². The lowest BCUT2D eigenvalue weighted by Gasteiger charge is -2.20. The van der Waals surface area contributed by atoms with Crippen LogP contribution in [0.2, 0.25) is 0 Å². The third-order valence-corrected chi connectivity index (χ3v) is 3.17. The maximum atomic E-state index is 9.69. The van der Waals surface area contributed by atoms with E-state index in [1.165, 1.54) is 6.21 Å². The van der Waals surface area contributed by atoms with Crippen molar-refractivity contribution in [3.63, 3.8) is 0 Å². The van der Waals surface area contributed by atoms with Crippen molar-refractivity contribution in [2.75, 3.05) is 11.6 Å². The van der Waals surface area contributed by atoms with Gasteiger partial charge < -0.3 is 15.3 Å². The average molecular weight is 300 g/mol. The molecule has 2 unspecified atom stereocenters. The van der Waals surface area contributed by atoms with Crippen molar-refractivity contribution in [3.8, 4) is 0 Å². The number of anilines is 1. The SMILES string of the molecule is OCC(O)C(O)C=NN(Cc1ccccc1)c1ccccc1. The van der Waals surface area contributed by atoms with E-state index in [2.05, 4.69) is 5.10 Å². The van der Waals surface area contributed by atoms with Crippen molar-refractivity contribution < 1.29 is 15.3 Å². The highest BCUT2D eigenvalue weighted by Crippen LogP contribution is 2.17. The van der Waals surface area contributed by atoms with E-state index in [9.17, 15) is 10.2 Å². The maximum Gasteiger partial charge on any atom is 0.119 e. The Bertz CT molecular complexity index is 575. The molecule has 0 saturated carbocycles. The summed E-state index contributed by atoms with van der Waals surface area (Å²) in [7, 11) is 0. The van der Waals surface area contributed by atoms with Crippen LogP contribution in [0.25, 0.3) is 0 Å². The fourth-order valence-electron chi connectivity index (χ4n) is 1.91. The maximum absolute atomic E-state index is 9.69. The molecule has 2 atom stereocenters. The summed E-state index contributed by atoms with van der Waals surface area (Å²) in [6.45, 7) is 0.0144. The molecule has 5 heteroatoms. The van der Waals surface area contributed by atoms with E-state index >= 15 is 0 Å². The first-order valence-corrected chi connectivity index (χ1v) is 7.08. The molecule has 0 aromatic heterocycles. The quantitative estimate of drug-likeness (QED) is 0.533. The van der Waals surface area contributed by atoms with Crippen molar-refractivity contribution in [2.45, 2.75) is 18.8 Å². The number of aliphatic hydroxyl groups is 3. The predicted octanol–water partition coefficient (Wildman–Crippen LogP) is 1.39. The highest BCUT2D eigenvalue weighted by Gasteiger charge is 2.13. The Morgan fingerprint density at radius 2 is 1.55 bits per heavy atom. The van der Waals surface area contributed by atoms with Crippen molar-refractivity contribution in [2.24, 2.45) is 5.10 Å². The Kier molecular flexibility index (Phi) is 6.09. The van der Waals surface area contributed by atoms with E-state index in [1.54, 1.807) is 5.01 Å². The van der Waals surface area contributed by atoms with E-state index in [-0.39, 0.29) is 0 Å². The Hall–Kier alpha value is -2.21. The fraction of sp³-hybridized carbons (Fsp3) is 0.235. The number of para-hydroxylation sites is 1. The van der Waals surface area contributed by atoms with Crippen molar-refractivity contribution in [3.05, 3.63) is 66.2 Å². The van der Waals surface area contributed by atoms with Gasteiger partial charge in [0.15, 0.2) is 0 Å². The van der Waals surface area contributed by atoms with Gasteiger partial charge in [-0.2, -0.15) is 5.10 Å². The molecule has 3 N–H and O–H groups in total. The van der Waals surface area contributed by atoms with Crippen LogP contribution < -0.4 is 5.01 Å². The van der Waals surface area contributed by atoms with Crippen molar-refractivity contribution in [1.29, 1.82) is 0 Å². The van der Waals surface area contributed by atoms with E-state index in [4.69, 9.17) is 5.11 Å². The Morgan fingerprint density at radius 3 is 2.14 bits per heavy atom. The Labute approximate surface area is 129 Å². The average Bonchev–Trinajstić information content (AvgIpc) is 2.59. The highest BCUT2D eigenvalue weighted by atomic mass is 16.4. The lowest BCUT2D eigenvalue weighted by atomic mass is 10.2. The number of benzene rings is 2. The summed E-state index contributed by atoms with van der Waals surface area (Å²) in [6, 6.07) is 19.4. The second kappa shape index (κ2) is 8.29. The third kappa shape index (κ3) is 4.66. The largest absolute Gasteiger partial charge is 0.394 e. The van der Waals surface area contributed by atoms with Crippen LogP contribution in [-0.2, 0) is 6.54 Å². The molecule has 0 heterocycles. The molecule has 0 aliphatic heterocycles. The summed E-state index contributed by atoms with van der Waals surface area (Å²) in [5.41, 5.74) is 1.94. The van der Waals surface area contributed by atoms with Crippen LogP contribution >= 0.6 is 0 Å². The van der Waals surface area contributed by atoms with Gasteiger partial charge in [-0.1, -0.05) is 48.5 Å². The smallest absolute Gasteiger partial charge is 0.119 e. The summed E-state index contributed by atoms with van der Waals surface area (Å²) in [5, 5.41) is 33.9. The third-order valence-electron chi connectivity index (χ3n) is 3.17. The lowest BCUT2D eigenvalue weighted by Crippen LogP contribution is -2.31. The molecule has 0 saturated heterocycles. The molecule has 22 heavy (non-hydrogen) atoms.